The van der Waals surface area contributed by atoms with E-state index in [1.54, 1.807) is 24.9 Å². The highest BCUT2D eigenvalue weighted by Gasteiger charge is 2.23. The van der Waals surface area contributed by atoms with E-state index in [2.05, 4.69) is 10.2 Å². The molecule has 1 amide bonds. The lowest BCUT2D eigenvalue weighted by Crippen LogP contribution is -2.30. The molecule has 0 fully saturated rings. The second kappa shape index (κ2) is 5.54. The van der Waals surface area contributed by atoms with Crippen LogP contribution in [-0.4, -0.2) is 28.1 Å². The van der Waals surface area contributed by atoms with Gasteiger partial charge in [-0.3, -0.25) is 9.89 Å². The molecule has 106 valence electrons. The van der Waals surface area contributed by atoms with Crippen molar-refractivity contribution in [1.82, 2.24) is 15.1 Å². The van der Waals surface area contributed by atoms with Crippen molar-refractivity contribution in [2.75, 3.05) is 12.8 Å². The molecular formula is C14H17ClN4O. The van der Waals surface area contributed by atoms with E-state index in [0.717, 1.165) is 5.56 Å². The van der Waals surface area contributed by atoms with Gasteiger partial charge in [0.25, 0.3) is 5.91 Å². The Morgan fingerprint density at radius 1 is 1.50 bits per heavy atom. The molecule has 5 nitrogen and oxygen atoms in total. The number of hydrogen-bond acceptors (Lipinski definition) is 3. The number of halogens is 1. The first-order valence-corrected chi connectivity index (χ1v) is 6.62. The summed E-state index contributed by atoms with van der Waals surface area (Å²) >= 11 is 5.98. The number of anilines is 1. The number of aromatic nitrogens is 2. The molecule has 1 unspecified atom stereocenters. The maximum atomic E-state index is 12.4. The number of aromatic amines is 1. The third kappa shape index (κ3) is 2.63. The van der Waals surface area contributed by atoms with E-state index in [0.29, 0.717) is 16.4 Å². The standard InChI is InChI=1S/C14H17ClN4O/c1-8-12(16)13(18-17-8)14(20)19(3)9(2)10-5-4-6-11(15)7-10/h4-7,9H,16H2,1-3H3,(H,17,18). The molecule has 0 aliphatic rings. The molecule has 1 aromatic carbocycles. The number of nitrogens with two attached hydrogens (primary N) is 1. The van der Waals surface area contributed by atoms with E-state index >= 15 is 0 Å². The molecule has 0 bridgehead atoms. The van der Waals surface area contributed by atoms with E-state index in [4.69, 9.17) is 17.3 Å². The number of hydrogen-bond donors (Lipinski definition) is 2. The summed E-state index contributed by atoms with van der Waals surface area (Å²) in [5, 5.41) is 7.32. The summed E-state index contributed by atoms with van der Waals surface area (Å²) in [6.07, 6.45) is 0. The largest absolute Gasteiger partial charge is 0.395 e. The second-order valence-corrected chi connectivity index (χ2v) is 5.19. The number of rotatable bonds is 3. The summed E-state index contributed by atoms with van der Waals surface area (Å²) in [6, 6.07) is 7.31. The van der Waals surface area contributed by atoms with Gasteiger partial charge in [0.1, 0.15) is 0 Å². The first-order valence-electron chi connectivity index (χ1n) is 6.25. The van der Waals surface area contributed by atoms with Gasteiger partial charge in [0.15, 0.2) is 5.69 Å². The van der Waals surface area contributed by atoms with E-state index in [1.807, 2.05) is 25.1 Å². The third-order valence-electron chi connectivity index (χ3n) is 3.43. The average Bonchev–Trinajstić information content (AvgIpc) is 2.76. The van der Waals surface area contributed by atoms with Gasteiger partial charge >= 0.3 is 0 Å². The van der Waals surface area contributed by atoms with Crippen molar-refractivity contribution in [2.45, 2.75) is 19.9 Å². The first kappa shape index (κ1) is 14.4. The molecule has 1 atom stereocenters. The summed E-state index contributed by atoms with van der Waals surface area (Å²) in [7, 11) is 1.72. The van der Waals surface area contributed by atoms with Crippen LogP contribution in [0, 0.1) is 6.92 Å². The molecule has 0 spiro atoms. The highest BCUT2D eigenvalue weighted by atomic mass is 35.5. The number of nitrogen functional groups attached to an aromatic ring is 1. The summed E-state index contributed by atoms with van der Waals surface area (Å²) in [5.41, 5.74) is 8.13. The average molecular weight is 293 g/mol. The molecule has 0 aliphatic heterocycles. The van der Waals surface area contributed by atoms with Crippen LogP contribution in [0.15, 0.2) is 24.3 Å². The van der Waals surface area contributed by atoms with Gasteiger partial charge in [-0.2, -0.15) is 5.10 Å². The SMILES string of the molecule is Cc1[nH]nc(C(=O)N(C)C(C)c2cccc(Cl)c2)c1N. The topological polar surface area (TPSA) is 75.0 Å². The number of amides is 1. The molecule has 0 saturated carbocycles. The van der Waals surface area contributed by atoms with Crippen molar-refractivity contribution >= 4 is 23.2 Å². The van der Waals surface area contributed by atoms with Gasteiger partial charge in [-0.25, -0.2) is 0 Å². The van der Waals surface area contributed by atoms with Gasteiger partial charge in [-0.15, -0.1) is 0 Å². The highest BCUT2D eigenvalue weighted by molar-refractivity contribution is 6.30. The molecule has 2 aromatic rings. The molecule has 1 aromatic heterocycles. The second-order valence-electron chi connectivity index (χ2n) is 4.76. The van der Waals surface area contributed by atoms with Gasteiger partial charge in [0.05, 0.1) is 17.4 Å². The van der Waals surface area contributed by atoms with Crippen molar-refractivity contribution in [2.24, 2.45) is 0 Å². The Hall–Kier alpha value is -2.01. The quantitative estimate of drug-likeness (QED) is 0.913. The number of nitrogens with one attached hydrogen (secondary N) is 1. The maximum absolute atomic E-state index is 12.4. The highest BCUT2D eigenvalue weighted by Crippen LogP contribution is 2.24. The summed E-state index contributed by atoms with van der Waals surface area (Å²) in [5.74, 6) is -0.223. The molecule has 2 rings (SSSR count). The van der Waals surface area contributed by atoms with Gasteiger partial charge < -0.3 is 10.6 Å². The molecule has 0 saturated heterocycles. The molecule has 0 aliphatic carbocycles. The number of carbonyl (C=O) groups excluding carboxylic acids is 1. The van der Waals surface area contributed by atoms with Crippen LogP contribution in [0.25, 0.3) is 0 Å². The Kier molecular flexibility index (Phi) is 3.99. The summed E-state index contributed by atoms with van der Waals surface area (Å²) < 4.78 is 0. The number of benzene rings is 1. The lowest BCUT2D eigenvalue weighted by atomic mass is 10.1. The molecule has 6 heteroatoms. The summed E-state index contributed by atoms with van der Waals surface area (Å²) in [4.78, 5) is 14.0. The van der Waals surface area contributed by atoms with E-state index < -0.39 is 0 Å². The van der Waals surface area contributed by atoms with Crippen molar-refractivity contribution in [3.8, 4) is 0 Å². The Morgan fingerprint density at radius 2 is 2.20 bits per heavy atom. The van der Waals surface area contributed by atoms with Gasteiger partial charge in [-0.05, 0) is 31.5 Å². The van der Waals surface area contributed by atoms with Gasteiger partial charge in [-0.1, -0.05) is 23.7 Å². The van der Waals surface area contributed by atoms with Crippen LogP contribution >= 0.6 is 11.6 Å². The molecule has 0 radical (unpaired) electrons. The van der Waals surface area contributed by atoms with E-state index in [1.165, 1.54) is 0 Å². The lowest BCUT2D eigenvalue weighted by Gasteiger charge is -2.25. The zero-order valence-electron chi connectivity index (χ0n) is 11.6. The Bertz CT molecular complexity index is 638. The zero-order valence-corrected chi connectivity index (χ0v) is 12.4. The minimum Gasteiger partial charge on any atom is -0.395 e. The van der Waals surface area contributed by atoms with E-state index in [9.17, 15) is 4.79 Å². The molecule has 1 heterocycles. The smallest absolute Gasteiger partial charge is 0.276 e. The third-order valence-corrected chi connectivity index (χ3v) is 3.66. The lowest BCUT2D eigenvalue weighted by molar-refractivity contribution is 0.0737. The fourth-order valence-electron chi connectivity index (χ4n) is 1.93. The van der Waals surface area contributed by atoms with Crippen LogP contribution in [0.5, 0.6) is 0 Å². The monoisotopic (exact) mass is 292 g/mol. The molecule has 20 heavy (non-hydrogen) atoms. The van der Waals surface area contributed by atoms with Crippen LogP contribution in [0.1, 0.15) is 34.7 Å². The van der Waals surface area contributed by atoms with Crippen molar-refractivity contribution in [1.29, 1.82) is 0 Å². The van der Waals surface area contributed by atoms with Crippen LogP contribution in [-0.2, 0) is 0 Å². The Morgan fingerprint density at radius 3 is 2.75 bits per heavy atom. The first-order chi connectivity index (χ1) is 9.41. The number of aryl methyl sites for hydroxylation is 1. The summed E-state index contributed by atoms with van der Waals surface area (Å²) in [6.45, 7) is 3.71. The number of H-pyrrole nitrogens is 1. The predicted octanol–water partition coefficient (Wildman–Crippen LogP) is 2.79. The van der Waals surface area contributed by atoms with Crippen molar-refractivity contribution < 1.29 is 4.79 Å². The molecule has 3 N–H and O–H groups in total. The Balaban J connectivity index is 2.24. The van der Waals surface area contributed by atoms with Gasteiger partial charge in [0, 0.05) is 12.1 Å². The Labute approximate surface area is 122 Å². The minimum absolute atomic E-state index is 0.127. The van der Waals surface area contributed by atoms with Gasteiger partial charge in [0.2, 0.25) is 0 Å². The van der Waals surface area contributed by atoms with Crippen LogP contribution in [0.2, 0.25) is 5.02 Å². The number of nitrogens with zero attached hydrogens (tertiary/aromatic N) is 2. The predicted molar refractivity (Wildman–Crippen MR) is 79.7 cm³/mol. The van der Waals surface area contributed by atoms with E-state index in [-0.39, 0.29) is 17.6 Å². The van der Waals surface area contributed by atoms with Crippen LogP contribution in [0.3, 0.4) is 0 Å². The fourth-order valence-corrected chi connectivity index (χ4v) is 2.13. The van der Waals surface area contributed by atoms with Crippen LogP contribution < -0.4 is 5.73 Å². The number of carbonyl (C=O) groups is 1. The van der Waals surface area contributed by atoms with Crippen LogP contribution in [0.4, 0.5) is 5.69 Å². The van der Waals surface area contributed by atoms with Crippen molar-refractivity contribution in [3.05, 3.63) is 46.2 Å². The maximum Gasteiger partial charge on any atom is 0.276 e. The van der Waals surface area contributed by atoms with Crippen molar-refractivity contribution in [3.63, 3.8) is 0 Å². The normalized spacial score (nSPS) is 12.2. The molecular weight excluding hydrogens is 276 g/mol. The fraction of sp³-hybridized carbons (Fsp3) is 0.286. The zero-order chi connectivity index (χ0) is 14.9. The minimum atomic E-state index is -0.223.